The number of ether oxygens (including phenoxy) is 2. The average Bonchev–Trinajstić information content (AvgIpc) is 2.88. The third kappa shape index (κ3) is 5.45. The normalized spacial score (nSPS) is 17.5. The highest BCUT2D eigenvalue weighted by Crippen LogP contribution is 2.31. The van der Waals surface area contributed by atoms with Gasteiger partial charge in [-0.1, -0.05) is 11.6 Å². The first-order chi connectivity index (χ1) is 17.5. The summed E-state index contributed by atoms with van der Waals surface area (Å²) in [4.78, 5) is 30.7. The maximum atomic E-state index is 11.4. The zero-order chi connectivity index (χ0) is 25.1. The van der Waals surface area contributed by atoms with Crippen molar-refractivity contribution in [3.05, 3.63) is 63.4 Å². The fraction of sp³-hybridized carbons (Fsp3) is 0.375. The molecule has 12 heteroatoms. The van der Waals surface area contributed by atoms with Crippen LogP contribution in [0.5, 0.6) is 5.88 Å². The highest BCUT2D eigenvalue weighted by Gasteiger charge is 2.25. The number of aliphatic hydroxyl groups is 1. The molecule has 1 aliphatic heterocycles. The molecular formula is C24H25ClN6O5. The van der Waals surface area contributed by atoms with Crippen molar-refractivity contribution in [2.75, 3.05) is 39.9 Å². The third-order valence-electron chi connectivity index (χ3n) is 5.96. The largest absolute Gasteiger partial charge is 0.480 e. The molecule has 0 radical (unpaired) electrons. The number of pyridine rings is 1. The minimum absolute atomic E-state index is 0.0751. The maximum Gasteiger partial charge on any atom is 0.356 e. The predicted molar refractivity (Wildman–Crippen MR) is 132 cm³/mol. The van der Waals surface area contributed by atoms with Crippen LogP contribution in [0.4, 0.5) is 0 Å². The van der Waals surface area contributed by atoms with Gasteiger partial charge in [-0.2, -0.15) is 0 Å². The van der Waals surface area contributed by atoms with Crippen LogP contribution in [0.3, 0.4) is 0 Å². The Morgan fingerprint density at radius 1 is 1.22 bits per heavy atom. The second-order valence-electron chi connectivity index (χ2n) is 8.45. The Morgan fingerprint density at radius 2 is 2.06 bits per heavy atom. The van der Waals surface area contributed by atoms with Gasteiger partial charge in [-0.3, -0.25) is 4.90 Å². The van der Waals surface area contributed by atoms with E-state index in [1.165, 1.54) is 13.3 Å². The van der Waals surface area contributed by atoms with E-state index >= 15 is 0 Å². The smallest absolute Gasteiger partial charge is 0.356 e. The van der Waals surface area contributed by atoms with Gasteiger partial charge in [0.1, 0.15) is 17.2 Å². The summed E-state index contributed by atoms with van der Waals surface area (Å²) in [6.45, 7) is 3.29. The van der Waals surface area contributed by atoms with E-state index in [0.717, 1.165) is 11.9 Å². The molecule has 1 aliphatic rings. The van der Waals surface area contributed by atoms with Crippen molar-refractivity contribution in [2.24, 2.45) is 0 Å². The van der Waals surface area contributed by atoms with E-state index in [2.05, 4.69) is 30.2 Å². The summed E-state index contributed by atoms with van der Waals surface area (Å²) in [5.74, 6) is 0.357. The lowest BCUT2D eigenvalue weighted by Gasteiger charge is -2.34. The molecule has 1 aromatic carbocycles. The number of hydrogen-bond acceptors (Lipinski definition) is 11. The summed E-state index contributed by atoms with van der Waals surface area (Å²) >= 11 is 6.46. The number of β-amino-alcohol motifs (C(OH)–C–C–N with tert-alkyl or cyclic N) is 1. The van der Waals surface area contributed by atoms with Crippen molar-refractivity contribution < 1.29 is 19.0 Å². The standard InChI is InChI=1S/C24H25ClN6O5/c1-34-20-10-27-17-5-3-16(25)22(23(17)30-20)19(32)13-31-6-7-35-15(12-31)9-26-8-14-2-4-18-24(29-14)36-21(33)11-28-18/h2-5,10-11,15,19,26,32H,6-9,12-13H2,1H3. The van der Waals surface area contributed by atoms with Crippen LogP contribution >= 0.6 is 11.6 Å². The quantitative estimate of drug-likeness (QED) is 0.357. The van der Waals surface area contributed by atoms with E-state index in [-0.39, 0.29) is 11.8 Å². The number of benzene rings is 1. The SMILES string of the molecule is COc1cnc2ccc(Cl)c(C(O)CN3CCOC(CNCc4ccc5ncc(=O)oc5n4)C3)c2n1. The highest BCUT2D eigenvalue weighted by molar-refractivity contribution is 6.32. The molecule has 1 fully saturated rings. The Kier molecular flexibility index (Phi) is 7.35. The van der Waals surface area contributed by atoms with E-state index in [0.29, 0.717) is 72.3 Å². The van der Waals surface area contributed by atoms with Gasteiger partial charge >= 0.3 is 5.63 Å². The molecule has 0 saturated carbocycles. The van der Waals surface area contributed by atoms with E-state index in [4.69, 9.17) is 25.5 Å². The Labute approximate surface area is 211 Å². The van der Waals surface area contributed by atoms with Gasteiger partial charge in [0.05, 0.1) is 43.3 Å². The van der Waals surface area contributed by atoms with Gasteiger partial charge in [-0.15, -0.1) is 0 Å². The Bertz CT molecular complexity index is 1430. The van der Waals surface area contributed by atoms with Gasteiger partial charge in [0, 0.05) is 43.3 Å². The number of aromatic nitrogens is 4. The number of fused-ring (bicyclic) bond motifs is 2. The minimum atomic E-state index is -0.862. The molecule has 2 atom stereocenters. The summed E-state index contributed by atoms with van der Waals surface area (Å²) in [7, 11) is 1.52. The van der Waals surface area contributed by atoms with Crippen LogP contribution in [-0.4, -0.2) is 75.9 Å². The summed E-state index contributed by atoms with van der Waals surface area (Å²) < 4.78 is 16.2. The molecule has 11 nitrogen and oxygen atoms in total. The lowest BCUT2D eigenvalue weighted by Crippen LogP contribution is -2.47. The molecule has 0 aliphatic carbocycles. The van der Waals surface area contributed by atoms with Crippen molar-refractivity contribution in [1.82, 2.24) is 30.2 Å². The minimum Gasteiger partial charge on any atom is -0.480 e. The average molecular weight is 513 g/mol. The molecule has 188 valence electrons. The number of morpholine rings is 1. The molecule has 2 unspecified atom stereocenters. The van der Waals surface area contributed by atoms with E-state index in [9.17, 15) is 9.90 Å². The first kappa shape index (κ1) is 24.5. The number of aliphatic hydroxyl groups excluding tert-OH is 1. The van der Waals surface area contributed by atoms with E-state index < -0.39 is 11.7 Å². The number of nitrogens with one attached hydrogen (secondary N) is 1. The monoisotopic (exact) mass is 512 g/mol. The Hall–Kier alpha value is -3.22. The number of nitrogens with zero attached hydrogens (tertiary/aromatic N) is 5. The zero-order valence-electron chi connectivity index (χ0n) is 19.6. The summed E-state index contributed by atoms with van der Waals surface area (Å²) in [6.07, 6.45) is 1.73. The molecular weight excluding hydrogens is 488 g/mol. The van der Waals surface area contributed by atoms with Crippen LogP contribution in [0.2, 0.25) is 5.02 Å². The molecule has 2 N–H and O–H groups in total. The molecule has 1 saturated heterocycles. The van der Waals surface area contributed by atoms with Gasteiger partial charge in [-0.25, -0.2) is 24.7 Å². The van der Waals surface area contributed by atoms with Crippen LogP contribution in [-0.2, 0) is 11.3 Å². The molecule has 3 aromatic heterocycles. The summed E-state index contributed by atoms with van der Waals surface area (Å²) in [5, 5.41) is 14.9. The van der Waals surface area contributed by atoms with E-state index in [1.807, 2.05) is 6.07 Å². The first-order valence-electron chi connectivity index (χ1n) is 11.5. The molecule has 4 heterocycles. The molecule has 0 spiro atoms. The van der Waals surface area contributed by atoms with Crippen LogP contribution in [0.1, 0.15) is 17.4 Å². The first-order valence-corrected chi connectivity index (χ1v) is 11.9. The van der Waals surface area contributed by atoms with Crippen molar-refractivity contribution in [3.8, 4) is 5.88 Å². The van der Waals surface area contributed by atoms with Crippen LogP contribution in [0.15, 0.2) is 45.9 Å². The van der Waals surface area contributed by atoms with Gasteiger partial charge in [-0.05, 0) is 24.3 Å². The zero-order valence-corrected chi connectivity index (χ0v) is 20.3. The summed E-state index contributed by atoms with van der Waals surface area (Å²) in [5.41, 5.74) is 2.62. The number of rotatable bonds is 8. The maximum absolute atomic E-state index is 11.4. The topological polar surface area (TPSA) is 136 Å². The van der Waals surface area contributed by atoms with Crippen molar-refractivity contribution in [2.45, 2.75) is 18.8 Å². The van der Waals surface area contributed by atoms with Crippen molar-refractivity contribution >= 4 is 33.9 Å². The lowest BCUT2D eigenvalue weighted by atomic mass is 10.1. The van der Waals surface area contributed by atoms with Crippen molar-refractivity contribution in [3.63, 3.8) is 0 Å². The second kappa shape index (κ2) is 10.8. The van der Waals surface area contributed by atoms with Crippen molar-refractivity contribution in [1.29, 1.82) is 0 Å². The van der Waals surface area contributed by atoms with Gasteiger partial charge < -0.3 is 24.3 Å². The number of hydrogen-bond donors (Lipinski definition) is 2. The molecule has 0 bridgehead atoms. The third-order valence-corrected chi connectivity index (χ3v) is 6.29. The summed E-state index contributed by atoms with van der Waals surface area (Å²) in [6, 6.07) is 7.09. The number of methoxy groups -OCH3 is 1. The van der Waals surface area contributed by atoms with Gasteiger partial charge in [0.2, 0.25) is 11.6 Å². The lowest BCUT2D eigenvalue weighted by molar-refractivity contribution is -0.0395. The fourth-order valence-corrected chi connectivity index (χ4v) is 4.51. The number of halogens is 1. The second-order valence-corrected chi connectivity index (χ2v) is 8.85. The molecule has 0 amide bonds. The predicted octanol–water partition coefficient (Wildman–Crippen LogP) is 1.71. The highest BCUT2D eigenvalue weighted by atomic mass is 35.5. The Balaban J connectivity index is 1.20. The van der Waals surface area contributed by atoms with Crippen LogP contribution in [0, 0.1) is 0 Å². The van der Waals surface area contributed by atoms with Crippen LogP contribution < -0.4 is 15.7 Å². The van der Waals surface area contributed by atoms with Crippen LogP contribution in [0.25, 0.3) is 22.3 Å². The molecule has 36 heavy (non-hydrogen) atoms. The van der Waals surface area contributed by atoms with Gasteiger partial charge in [0.15, 0.2) is 0 Å². The fourth-order valence-electron chi connectivity index (χ4n) is 4.23. The van der Waals surface area contributed by atoms with Gasteiger partial charge in [0.25, 0.3) is 0 Å². The molecule has 5 rings (SSSR count). The van der Waals surface area contributed by atoms with E-state index in [1.54, 1.807) is 18.2 Å². The Morgan fingerprint density at radius 3 is 2.92 bits per heavy atom. The molecule has 4 aromatic rings.